The van der Waals surface area contributed by atoms with Gasteiger partial charge in [0.15, 0.2) is 0 Å². The minimum atomic E-state index is -1.08. The van der Waals surface area contributed by atoms with Gasteiger partial charge >= 0.3 is 11.9 Å². The Morgan fingerprint density at radius 1 is 1.36 bits per heavy atom. The van der Waals surface area contributed by atoms with E-state index in [1.807, 2.05) is 19.9 Å². The van der Waals surface area contributed by atoms with Crippen molar-refractivity contribution >= 4 is 11.9 Å². The van der Waals surface area contributed by atoms with E-state index in [9.17, 15) is 19.8 Å². The highest BCUT2D eigenvalue weighted by Gasteiger charge is 2.31. The molecule has 0 bridgehead atoms. The Morgan fingerprint density at radius 3 is 2.71 bits per heavy atom. The Bertz CT molecular complexity index is 781. The molecule has 0 fully saturated rings. The first-order chi connectivity index (χ1) is 13.3. The van der Waals surface area contributed by atoms with Crippen LogP contribution in [-0.4, -0.2) is 53.7 Å². The second kappa shape index (κ2) is 9.57. The number of ether oxygens (including phenoxy) is 3. The highest BCUT2D eigenvalue weighted by Crippen LogP contribution is 2.42. The van der Waals surface area contributed by atoms with Gasteiger partial charge < -0.3 is 29.5 Å². The lowest BCUT2D eigenvalue weighted by Gasteiger charge is -2.15. The van der Waals surface area contributed by atoms with E-state index in [0.717, 1.165) is 11.1 Å². The summed E-state index contributed by atoms with van der Waals surface area (Å²) in [5, 5.41) is 28.4. The first kappa shape index (κ1) is 21.7. The summed E-state index contributed by atoms with van der Waals surface area (Å²) in [5.74, 6) is -0.651. The van der Waals surface area contributed by atoms with Gasteiger partial charge in [-0.1, -0.05) is 11.6 Å². The quantitative estimate of drug-likeness (QED) is 0.426. The second-order valence-corrected chi connectivity index (χ2v) is 6.69. The van der Waals surface area contributed by atoms with Crippen LogP contribution in [-0.2, 0) is 27.3 Å². The van der Waals surface area contributed by atoms with Gasteiger partial charge in [0.2, 0.25) is 0 Å². The Hall–Kier alpha value is -2.58. The zero-order chi connectivity index (χ0) is 20.8. The molecule has 0 spiro atoms. The smallest absolute Gasteiger partial charge is 0.342 e. The van der Waals surface area contributed by atoms with E-state index in [1.54, 1.807) is 0 Å². The fourth-order valence-electron chi connectivity index (χ4n) is 3.02. The number of methoxy groups -OCH3 is 1. The molecule has 3 N–H and O–H groups in total. The maximum absolute atomic E-state index is 11.9. The molecule has 0 amide bonds. The van der Waals surface area contributed by atoms with Crippen molar-refractivity contribution in [3.8, 4) is 11.5 Å². The molecule has 0 aliphatic carbocycles. The topological polar surface area (TPSA) is 123 Å². The molecule has 1 unspecified atom stereocenters. The molecule has 1 aromatic rings. The molecule has 0 radical (unpaired) electrons. The summed E-state index contributed by atoms with van der Waals surface area (Å²) in [7, 11) is 1.50. The minimum Gasteiger partial charge on any atom is -0.507 e. The summed E-state index contributed by atoms with van der Waals surface area (Å²) >= 11 is 0. The van der Waals surface area contributed by atoms with Crippen molar-refractivity contribution in [1.29, 1.82) is 0 Å². The highest BCUT2D eigenvalue weighted by atomic mass is 16.5. The van der Waals surface area contributed by atoms with Crippen molar-refractivity contribution in [2.75, 3.05) is 20.3 Å². The van der Waals surface area contributed by atoms with E-state index in [2.05, 4.69) is 0 Å². The first-order valence-corrected chi connectivity index (χ1v) is 8.98. The molecule has 8 nitrogen and oxygen atoms in total. The van der Waals surface area contributed by atoms with Gasteiger partial charge in [0.1, 0.15) is 36.4 Å². The largest absolute Gasteiger partial charge is 0.507 e. The SMILES string of the molecule is COc1c(C)c2c(c(O)c1CC=C(C)CCC(=O)OCC(O)CO)C(=O)OC2. The number of allylic oxidation sites excluding steroid dienone is 2. The number of rotatable bonds is 9. The van der Waals surface area contributed by atoms with Crippen molar-refractivity contribution in [2.45, 2.75) is 45.8 Å². The first-order valence-electron chi connectivity index (χ1n) is 8.98. The van der Waals surface area contributed by atoms with Gasteiger partial charge in [-0.15, -0.1) is 0 Å². The van der Waals surface area contributed by atoms with Gasteiger partial charge in [-0.2, -0.15) is 0 Å². The van der Waals surface area contributed by atoms with E-state index in [4.69, 9.17) is 19.3 Å². The number of phenols is 1. The number of cyclic esters (lactones) is 1. The molecule has 0 aromatic heterocycles. The Labute approximate surface area is 163 Å². The number of esters is 2. The summed E-state index contributed by atoms with van der Waals surface area (Å²) in [6.07, 6.45) is 1.65. The van der Waals surface area contributed by atoms with Crippen LogP contribution in [0.5, 0.6) is 11.5 Å². The third-order valence-corrected chi connectivity index (χ3v) is 4.67. The van der Waals surface area contributed by atoms with Gasteiger partial charge in [0.25, 0.3) is 0 Å². The van der Waals surface area contributed by atoms with Crippen LogP contribution >= 0.6 is 0 Å². The molecular weight excluding hydrogens is 368 g/mol. The van der Waals surface area contributed by atoms with Crippen molar-refractivity contribution in [2.24, 2.45) is 0 Å². The number of fused-ring (bicyclic) bond motifs is 1. The lowest BCUT2D eigenvalue weighted by Crippen LogP contribution is -2.21. The van der Waals surface area contributed by atoms with Crippen LogP contribution < -0.4 is 4.74 Å². The summed E-state index contributed by atoms with van der Waals surface area (Å²) in [5.41, 5.74) is 2.96. The van der Waals surface area contributed by atoms with Crippen LogP contribution in [0.15, 0.2) is 11.6 Å². The molecule has 1 atom stereocenters. The van der Waals surface area contributed by atoms with Gasteiger partial charge in [-0.25, -0.2) is 4.79 Å². The third kappa shape index (κ3) is 4.82. The van der Waals surface area contributed by atoms with Gasteiger partial charge in [-0.05, 0) is 32.3 Å². The number of hydrogen-bond acceptors (Lipinski definition) is 8. The van der Waals surface area contributed by atoms with E-state index in [0.29, 0.717) is 29.7 Å². The summed E-state index contributed by atoms with van der Waals surface area (Å²) in [6.45, 7) is 3.06. The summed E-state index contributed by atoms with van der Waals surface area (Å²) in [4.78, 5) is 23.6. The summed E-state index contributed by atoms with van der Waals surface area (Å²) in [6, 6.07) is 0. The highest BCUT2D eigenvalue weighted by molar-refractivity contribution is 5.98. The predicted octanol–water partition coefficient (Wildman–Crippen LogP) is 1.55. The molecule has 1 heterocycles. The number of phenolic OH excluding ortho intramolecular Hbond substituents is 1. The average Bonchev–Trinajstić information content (AvgIpc) is 3.07. The molecule has 1 aliphatic heterocycles. The fourth-order valence-corrected chi connectivity index (χ4v) is 3.02. The fraction of sp³-hybridized carbons (Fsp3) is 0.500. The molecule has 0 saturated heterocycles. The lowest BCUT2D eigenvalue weighted by molar-refractivity contribution is -0.147. The standard InChI is InChI=1S/C20H26O8/c1-11(5-7-16(23)27-9-13(22)8-21)4-6-14-18(24)17-15(10-28-20(17)25)12(2)19(14)26-3/h4,13,21-22,24H,5-10H2,1-3H3. The molecule has 28 heavy (non-hydrogen) atoms. The molecule has 154 valence electrons. The van der Waals surface area contributed by atoms with Crippen LogP contribution in [0.3, 0.4) is 0 Å². The van der Waals surface area contributed by atoms with Crippen molar-refractivity contribution in [3.63, 3.8) is 0 Å². The lowest BCUT2D eigenvalue weighted by atomic mass is 9.94. The average molecular weight is 394 g/mol. The molecular formula is C20H26O8. The van der Waals surface area contributed by atoms with Gasteiger partial charge in [0.05, 0.1) is 13.7 Å². The van der Waals surface area contributed by atoms with Crippen molar-refractivity contribution in [1.82, 2.24) is 0 Å². The Morgan fingerprint density at radius 2 is 2.07 bits per heavy atom. The number of aromatic hydroxyl groups is 1. The molecule has 0 saturated carbocycles. The van der Waals surface area contributed by atoms with Crippen LogP contribution in [0, 0.1) is 6.92 Å². The number of aliphatic hydroxyl groups excluding tert-OH is 2. The molecule has 1 aliphatic rings. The Kier molecular flexibility index (Phi) is 7.42. The third-order valence-electron chi connectivity index (χ3n) is 4.67. The Balaban J connectivity index is 2.07. The maximum atomic E-state index is 11.9. The number of carbonyl (C=O) groups excluding carboxylic acids is 2. The van der Waals surface area contributed by atoms with E-state index < -0.39 is 24.6 Å². The van der Waals surface area contributed by atoms with Crippen LogP contribution in [0.4, 0.5) is 0 Å². The number of aliphatic hydroxyl groups is 2. The maximum Gasteiger partial charge on any atom is 0.342 e. The van der Waals surface area contributed by atoms with Crippen LogP contribution in [0.25, 0.3) is 0 Å². The van der Waals surface area contributed by atoms with Crippen LogP contribution in [0.1, 0.15) is 46.8 Å². The molecule has 2 rings (SSSR count). The number of hydrogen-bond donors (Lipinski definition) is 3. The van der Waals surface area contributed by atoms with Gasteiger partial charge in [-0.3, -0.25) is 4.79 Å². The zero-order valence-corrected chi connectivity index (χ0v) is 16.3. The normalized spacial score (nSPS) is 14.5. The minimum absolute atomic E-state index is 0.117. The molecule has 1 aromatic carbocycles. The van der Waals surface area contributed by atoms with E-state index in [-0.39, 0.29) is 30.9 Å². The monoisotopic (exact) mass is 394 g/mol. The van der Waals surface area contributed by atoms with E-state index in [1.165, 1.54) is 7.11 Å². The van der Waals surface area contributed by atoms with Gasteiger partial charge in [0, 0.05) is 17.5 Å². The van der Waals surface area contributed by atoms with Crippen molar-refractivity contribution < 1.29 is 39.1 Å². The van der Waals surface area contributed by atoms with Crippen LogP contribution in [0.2, 0.25) is 0 Å². The molecule has 8 heteroatoms. The zero-order valence-electron chi connectivity index (χ0n) is 16.3. The van der Waals surface area contributed by atoms with Crippen molar-refractivity contribution in [3.05, 3.63) is 33.9 Å². The number of benzene rings is 1. The second-order valence-electron chi connectivity index (χ2n) is 6.69. The van der Waals surface area contributed by atoms with E-state index >= 15 is 0 Å². The number of carbonyl (C=O) groups is 2. The predicted molar refractivity (Wildman–Crippen MR) is 99.3 cm³/mol. The summed E-state index contributed by atoms with van der Waals surface area (Å²) < 4.78 is 15.3.